The lowest BCUT2D eigenvalue weighted by Gasteiger charge is -2.08. The Morgan fingerprint density at radius 2 is 1.56 bits per heavy atom. The minimum absolute atomic E-state index is 0.0739. The second-order valence-electron chi connectivity index (χ2n) is 4.81. The molecule has 0 aliphatic carbocycles. The highest BCUT2D eigenvalue weighted by Crippen LogP contribution is 2.37. The van der Waals surface area contributed by atoms with Crippen molar-refractivity contribution in [2.75, 3.05) is 24.3 Å². The number of hydrogen-bond acceptors (Lipinski definition) is 7. The lowest BCUT2D eigenvalue weighted by molar-refractivity contribution is 0.0481. The first-order valence-electron chi connectivity index (χ1n) is 7.62. The van der Waals surface area contributed by atoms with Gasteiger partial charge in [0.05, 0.1) is 13.2 Å². The number of benzene rings is 1. The number of rotatable bonds is 6. The molecule has 0 spiro atoms. The van der Waals surface area contributed by atoms with Gasteiger partial charge in [0.25, 0.3) is 5.91 Å². The van der Waals surface area contributed by atoms with Gasteiger partial charge < -0.3 is 20.5 Å². The number of esters is 2. The monoisotopic (exact) mass is 362 g/mol. The fraction of sp³-hybridized carbons (Fsp3) is 0.235. The minimum Gasteiger partial charge on any atom is -0.462 e. The maximum absolute atomic E-state index is 12.3. The van der Waals surface area contributed by atoms with Crippen LogP contribution in [0.5, 0.6) is 0 Å². The second kappa shape index (κ2) is 8.29. The zero-order chi connectivity index (χ0) is 18.4. The lowest BCUT2D eigenvalue weighted by atomic mass is 10.1. The van der Waals surface area contributed by atoms with E-state index in [2.05, 4.69) is 5.32 Å². The third-order valence-electron chi connectivity index (χ3n) is 3.16. The van der Waals surface area contributed by atoms with Gasteiger partial charge in [0.15, 0.2) is 0 Å². The zero-order valence-electron chi connectivity index (χ0n) is 13.8. The van der Waals surface area contributed by atoms with E-state index in [0.29, 0.717) is 5.56 Å². The maximum Gasteiger partial charge on any atom is 0.342 e. The van der Waals surface area contributed by atoms with E-state index in [-0.39, 0.29) is 34.3 Å². The molecular weight excluding hydrogens is 344 g/mol. The molecule has 0 atom stereocenters. The van der Waals surface area contributed by atoms with E-state index in [1.807, 2.05) is 0 Å². The van der Waals surface area contributed by atoms with Crippen LogP contribution in [0.1, 0.15) is 44.9 Å². The topological polar surface area (TPSA) is 108 Å². The minimum atomic E-state index is -0.748. The van der Waals surface area contributed by atoms with Gasteiger partial charge in [0.2, 0.25) is 0 Å². The van der Waals surface area contributed by atoms with Crippen LogP contribution in [-0.4, -0.2) is 31.1 Å². The molecule has 132 valence electrons. The number of carbonyl (C=O) groups excluding carboxylic acids is 3. The summed E-state index contributed by atoms with van der Waals surface area (Å²) in [6, 6.07) is 8.47. The van der Waals surface area contributed by atoms with Gasteiger partial charge in [-0.25, -0.2) is 9.59 Å². The highest BCUT2D eigenvalue weighted by molar-refractivity contribution is 7.20. The average molecular weight is 362 g/mol. The maximum atomic E-state index is 12.3. The summed E-state index contributed by atoms with van der Waals surface area (Å²) < 4.78 is 9.94. The van der Waals surface area contributed by atoms with Gasteiger partial charge >= 0.3 is 11.9 Å². The fourth-order valence-electron chi connectivity index (χ4n) is 2.11. The van der Waals surface area contributed by atoms with E-state index in [4.69, 9.17) is 15.2 Å². The molecule has 1 amide bonds. The summed E-state index contributed by atoms with van der Waals surface area (Å²) in [6.45, 7) is 3.52. The molecule has 0 saturated carbocycles. The van der Waals surface area contributed by atoms with Gasteiger partial charge in [-0.2, -0.15) is 0 Å². The van der Waals surface area contributed by atoms with E-state index < -0.39 is 17.8 Å². The molecule has 0 aliphatic heterocycles. The first kappa shape index (κ1) is 18.5. The molecule has 2 aromatic rings. The molecule has 0 unspecified atom stereocenters. The number of amides is 1. The number of hydrogen-bond donors (Lipinski definition) is 2. The van der Waals surface area contributed by atoms with Crippen molar-refractivity contribution in [1.29, 1.82) is 0 Å². The molecule has 25 heavy (non-hydrogen) atoms. The third kappa shape index (κ3) is 4.16. The quantitative estimate of drug-likeness (QED) is 0.765. The van der Waals surface area contributed by atoms with Crippen molar-refractivity contribution in [2.24, 2.45) is 0 Å². The Hall–Kier alpha value is -2.87. The predicted molar refractivity (Wildman–Crippen MR) is 95.0 cm³/mol. The van der Waals surface area contributed by atoms with Gasteiger partial charge in [0, 0.05) is 5.56 Å². The zero-order valence-corrected chi connectivity index (χ0v) is 14.6. The number of nitrogens with one attached hydrogen (secondary N) is 1. The summed E-state index contributed by atoms with van der Waals surface area (Å²) in [5, 5.41) is 2.84. The lowest BCUT2D eigenvalue weighted by Crippen LogP contribution is -2.17. The number of thiophene rings is 1. The summed E-state index contributed by atoms with van der Waals surface area (Å²) in [4.78, 5) is 36.8. The van der Waals surface area contributed by atoms with Crippen molar-refractivity contribution in [3.8, 4) is 0 Å². The van der Waals surface area contributed by atoms with Crippen molar-refractivity contribution in [2.45, 2.75) is 13.8 Å². The van der Waals surface area contributed by atoms with Crippen molar-refractivity contribution in [3.05, 3.63) is 47.0 Å². The first-order chi connectivity index (χ1) is 12.0. The number of ether oxygens (including phenoxy) is 2. The summed E-state index contributed by atoms with van der Waals surface area (Å²) in [5.74, 6) is -1.91. The van der Waals surface area contributed by atoms with Crippen LogP contribution in [0, 0.1) is 0 Å². The molecule has 8 heteroatoms. The Labute approximate surface area is 148 Å². The molecule has 0 saturated heterocycles. The van der Waals surface area contributed by atoms with E-state index in [1.165, 1.54) is 0 Å². The summed E-state index contributed by atoms with van der Waals surface area (Å²) in [7, 11) is 0. The largest absolute Gasteiger partial charge is 0.462 e. The van der Waals surface area contributed by atoms with Crippen molar-refractivity contribution >= 4 is 39.2 Å². The van der Waals surface area contributed by atoms with Crippen LogP contribution in [0.15, 0.2) is 30.3 Å². The first-order valence-corrected chi connectivity index (χ1v) is 8.44. The van der Waals surface area contributed by atoms with Crippen LogP contribution >= 0.6 is 11.3 Å². The smallest absolute Gasteiger partial charge is 0.342 e. The Morgan fingerprint density at radius 3 is 2.12 bits per heavy atom. The molecule has 0 radical (unpaired) electrons. The Balaban J connectivity index is 2.43. The van der Waals surface area contributed by atoms with Crippen LogP contribution in [0.2, 0.25) is 0 Å². The SMILES string of the molecule is CCOC(=O)c1c(N)sc(NC(=O)c2ccccc2)c1C(=O)OCC. The van der Waals surface area contributed by atoms with Crippen molar-refractivity contribution in [1.82, 2.24) is 0 Å². The molecule has 0 bridgehead atoms. The summed E-state index contributed by atoms with van der Waals surface area (Å²) in [6.07, 6.45) is 0. The van der Waals surface area contributed by atoms with Gasteiger partial charge in [-0.1, -0.05) is 29.5 Å². The van der Waals surface area contributed by atoms with E-state index in [1.54, 1.807) is 44.2 Å². The van der Waals surface area contributed by atoms with Crippen LogP contribution in [0.3, 0.4) is 0 Å². The molecule has 0 aliphatic rings. The standard InChI is InChI=1S/C17H18N2O5S/c1-3-23-16(21)11-12(17(22)24-4-2)15(25-13(11)18)19-14(20)10-8-6-5-7-9-10/h5-9H,3-4,18H2,1-2H3,(H,19,20). The highest BCUT2D eigenvalue weighted by Gasteiger charge is 2.30. The van der Waals surface area contributed by atoms with E-state index >= 15 is 0 Å². The van der Waals surface area contributed by atoms with Gasteiger partial charge in [0.1, 0.15) is 21.1 Å². The number of anilines is 2. The van der Waals surface area contributed by atoms with Gasteiger partial charge in [-0.3, -0.25) is 4.79 Å². The summed E-state index contributed by atoms with van der Waals surface area (Å²) in [5.41, 5.74) is 6.11. The van der Waals surface area contributed by atoms with Gasteiger partial charge in [-0.05, 0) is 26.0 Å². The molecule has 2 rings (SSSR count). The molecule has 1 aromatic carbocycles. The second-order valence-corrected chi connectivity index (χ2v) is 5.86. The van der Waals surface area contributed by atoms with Crippen molar-refractivity contribution in [3.63, 3.8) is 0 Å². The molecule has 7 nitrogen and oxygen atoms in total. The Morgan fingerprint density at radius 1 is 1.00 bits per heavy atom. The Bertz CT molecular complexity index is 786. The van der Waals surface area contributed by atoms with E-state index in [0.717, 1.165) is 11.3 Å². The molecule has 1 heterocycles. The van der Waals surface area contributed by atoms with Crippen molar-refractivity contribution < 1.29 is 23.9 Å². The normalized spacial score (nSPS) is 10.2. The fourth-order valence-corrected chi connectivity index (χ4v) is 3.04. The highest BCUT2D eigenvalue weighted by atomic mass is 32.1. The summed E-state index contributed by atoms with van der Waals surface area (Å²) >= 11 is 0.917. The molecule has 0 fully saturated rings. The van der Waals surface area contributed by atoms with Crippen LogP contribution in [0.25, 0.3) is 0 Å². The number of carbonyl (C=O) groups is 3. The molecule has 3 N–H and O–H groups in total. The number of nitrogens with two attached hydrogens (primary N) is 1. The van der Waals surface area contributed by atoms with Crippen LogP contribution in [0.4, 0.5) is 10.0 Å². The van der Waals surface area contributed by atoms with Crippen LogP contribution in [-0.2, 0) is 9.47 Å². The van der Waals surface area contributed by atoms with Gasteiger partial charge in [-0.15, -0.1) is 0 Å². The molecular formula is C17H18N2O5S. The van der Waals surface area contributed by atoms with Crippen LogP contribution < -0.4 is 11.1 Å². The Kier molecular flexibility index (Phi) is 6.13. The predicted octanol–water partition coefficient (Wildman–Crippen LogP) is 2.94. The number of nitrogen functional groups attached to an aromatic ring is 1. The molecule has 1 aromatic heterocycles. The average Bonchev–Trinajstić information content (AvgIpc) is 2.92. The van der Waals surface area contributed by atoms with E-state index in [9.17, 15) is 14.4 Å². The third-order valence-corrected chi connectivity index (χ3v) is 4.09.